The Labute approximate surface area is 192 Å². The molecule has 3 atom stereocenters. The minimum Gasteiger partial charge on any atom is -0.384 e. The summed E-state index contributed by atoms with van der Waals surface area (Å²) in [5.41, 5.74) is 1.33. The van der Waals surface area contributed by atoms with Crippen LogP contribution in [0.15, 0.2) is 30.6 Å². The number of ether oxygens (including phenoxy) is 1. The topological polar surface area (TPSA) is 61.4 Å². The summed E-state index contributed by atoms with van der Waals surface area (Å²) in [5, 5.41) is 12.3. The van der Waals surface area contributed by atoms with Crippen molar-refractivity contribution in [3.05, 3.63) is 53.4 Å². The minimum absolute atomic E-state index is 0.141. The number of aliphatic hydroxyl groups is 1. The van der Waals surface area contributed by atoms with Gasteiger partial charge >= 0.3 is 0 Å². The van der Waals surface area contributed by atoms with E-state index in [-0.39, 0.29) is 11.8 Å². The van der Waals surface area contributed by atoms with Crippen molar-refractivity contribution in [1.82, 2.24) is 14.9 Å². The van der Waals surface area contributed by atoms with E-state index in [2.05, 4.69) is 14.9 Å². The van der Waals surface area contributed by atoms with Crippen LogP contribution in [-0.4, -0.2) is 52.3 Å². The van der Waals surface area contributed by atoms with Gasteiger partial charge < -0.3 is 14.8 Å². The van der Waals surface area contributed by atoms with Gasteiger partial charge in [0.25, 0.3) is 0 Å². The molecule has 2 aromatic heterocycles. The maximum Gasteiger partial charge on any atom is 0.150 e. The van der Waals surface area contributed by atoms with Crippen LogP contribution in [-0.2, 0) is 10.3 Å². The number of aromatic amines is 1. The lowest BCUT2D eigenvalue weighted by atomic mass is 9.68. The molecule has 7 heteroatoms. The highest BCUT2D eigenvalue weighted by molar-refractivity contribution is 5.93. The lowest BCUT2D eigenvalue weighted by Crippen LogP contribution is -2.58. The van der Waals surface area contributed by atoms with E-state index in [4.69, 9.17) is 4.74 Å². The second-order valence-electron chi connectivity index (χ2n) is 9.79. The second-order valence-corrected chi connectivity index (χ2v) is 9.79. The average Bonchev–Trinajstić information content (AvgIpc) is 3.18. The van der Waals surface area contributed by atoms with Crippen LogP contribution in [0.25, 0.3) is 22.2 Å². The van der Waals surface area contributed by atoms with Crippen LogP contribution in [0, 0.1) is 30.4 Å². The predicted molar refractivity (Wildman–Crippen MR) is 124 cm³/mol. The van der Waals surface area contributed by atoms with E-state index in [1.807, 2.05) is 26.8 Å². The number of benzene rings is 1. The molecule has 2 N–H and O–H groups in total. The molecule has 4 heterocycles. The van der Waals surface area contributed by atoms with Gasteiger partial charge in [-0.2, -0.15) is 0 Å². The van der Waals surface area contributed by atoms with Crippen molar-refractivity contribution in [3.8, 4) is 11.1 Å². The number of pyridine rings is 1. The number of halogens is 2. The minimum atomic E-state index is -1.28. The lowest BCUT2D eigenvalue weighted by molar-refractivity contribution is -0.128. The number of rotatable bonds is 3. The highest BCUT2D eigenvalue weighted by Crippen LogP contribution is 2.45. The Bertz CT molecular complexity index is 1140. The summed E-state index contributed by atoms with van der Waals surface area (Å²) < 4.78 is 35.7. The molecule has 33 heavy (non-hydrogen) atoms. The maximum atomic E-state index is 15.7. The number of nitrogens with zero attached hydrogens (tertiary/aromatic N) is 2. The zero-order chi connectivity index (χ0) is 23.3. The van der Waals surface area contributed by atoms with Crippen molar-refractivity contribution in [2.75, 3.05) is 26.3 Å². The summed E-state index contributed by atoms with van der Waals surface area (Å²) in [7, 11) is 0. The van der Waals surface area contributed by atoms with Crippen molar-refractivity contribution < 1.29 is 18.6 Å². The summed E-state index contributed by atoms with van der Waals surface area (Å²) >= 11 is 0. The summed E-state index contributed by atoms with van der Waals surface area (Å²) in [6.45, 7) is 8.82. The van der Waals surface area contributed by atoms with E-state index >= 15 is 4.39 Å². The largest absolute Gasteiger partial charge is 0.384 e. The Balaban J connectivity index is 1.51. The molecule has 0 radical (unpaired) electrons. The van der Waals surface area contributed by atoms with Gasteiger partial charge in [-0.3, -0.25) is 4.90 Å². The molecule has 2 aliphatic heterocycles. The van der Waals surface area contributed by atoms with Crippen molar-refractivity contribution in [2.45, 2.75) is 45.3 Å². The molecule has 2 fully saturated rings. The molecular formula is C26H31F2N3O2. The maximum absolute atomic E-state index is 15.7. The molecule has 0 bridgehead atoms. The summed E-state index contributed by atoms with van der Waals surface area (Å²) in [4.78, 5) is 9.41. The van der Waals surface area contributed by atoms with Gasteiger partial charge in [0.2, 0.25) is 0 Å². The van der Waals surface area contributed by atoms with E-state index in [1.54, 1.807) is 12.3 Å². The quantitative estimate of drug-likeness (QED) is 0.597. The number of hydrogen-bond donors (Lipinski definition) is 2. The van der Waals surface area contributed by atoms with Crippen LogP contribution in [0.2, 0.25) is 0 Å². The van der Waals surface area contributed by atoms with Crippen LogP contribution in [0.4, 0.5) is 8.78 Å². The normalized spacial score (nSPS) is 27.3. The van der Waals surface area contributed by atoms with Gasteiger partial charge in [0.1, 0.15) is 17.1 Å². The first-order valence-corrected chi connectivity index (χ1v) is 11.8. The van der Waals surface area contributed by atoms with Crippen molar-refractivity contribution in [2.24, 2.45) is 11.8 Å². The van der Waals surface area contributed by atoms with Gasteiger partial charge in [-0.05, 0) is 48.6 Å². The zero-order valence-electron chi connectivity index (χ0n) is 19.4. The molecule has 1 aromatic carbocycles. The monoisotopic (exact) mass is 455 g/mol. The Morgan fingerprint density at radius 1 is 1.12 bits per heavy atom. The van der Waals surface area contributed by atoms with E-state index in [0.717, 1.165) is 26.1 Å². The first kappa shape index (κ1) is 22.4. The lowest BCUT2D eigenvalue weighted by Gasteiger charge is -2.51. The summed E-state index contributed by atoms with van der Waals surface area (Å²) in [6.07, 6.45) is 4.83. The first-order chi connectivity index (χ1) is 15.8. The average molecular weight is 456 g/mol. The third kappa shape index (κ3) is 3.66. The first-order valence-electron chi connectivity index (χ1n) is 11.8. The smallest absolute Gasteiger partial charge is 0.150 e. The molecule has 3 aromatic rings. The Morgan fingerprint density at radius 3 is 2.48 bits per heavy atom. The highest BCUT2D eigenvalue weighted by atomic mass is 19.1. The molecule has 0 amide bonds. The molecule has 5 rings (SSSR count). The summed E-state index contributed by atoms with van der Waals surface area (Å²) in [6, 6.07) is 5.42. The van der Waals surface area contributed by atoms with Gasteiger partial charge in [-0.15, -0.1) is 0 Å². The van der Waals surface area contributed by atoms with Crippen molar-refractivity contribution in [3.63, 3.8) is 0 Å². The molecule has 5 nitrogen and oxygen atoms in total. The number of H-pyrrole nitrogens is 1. The SMILES string of the molecule is Cc1cc(-c2ccnc3[nH]cc(F)c23)cc(F)c1C1(O)[C@H](C)CN(C2CCOCC2)C[C@@H]1C. The van der Waals surface area contributed by atoms with Gasteiger partial charge in [0.15, 0.2) is 5.82 Å². The van der Waals surface area contributed by atoms with Gasteiger partial charge in [0.05, 0.1) is 5.39 Å². The standard InChI is InChI=1S/C26H31F2N3O2/c1-15-10-18(20-4-7-29-25-23(20)22(28)12-30-25)11-21(27)24(15)26(32)16(2)13-31(14-17(26)3)19-5-8-33-9-6-19/h4,7,10-12,16-17,19,32H,5-6,8-9,13-14H2,1-3H3,(H,29,30)/t16-,17+,26?. The molecular weight excluding hydrogens is 424 g/mol. The zero-order valence-corrected chi connectivity index (χ0v) is 19.4. The fourth-order valence-electron chi connectivity index (χ4n) is 6.05. The fraction of sp³-hybridized carbons (Fsp3) is 0.500. The van der Waals surface area contributed by atoms with Crippen LogP contribution in [0.1, 0.15) is 37.8 Å². The fourth-order valence-corrected chi connectivity index (χ4v) is 6.05. The molecule has 2 saturated heterocycles. The molecule has 2 aliphatic rings. The van der Waals surface area contributed by atoms with E-state index in [0.29, 0.717) is 52.4 Å². The number of hydrogen-bond acceptors (Lipinski definition) is 4. The molecule has 0 saturated carbocycles. The molecule has 176 valence electrons. The van der Waals surface area contributed by atoms with E-state index < -0.39 is 17.2 Å². The summed E-state index contributed by atoms with van der Waals surface area (Å²) in [5.74, 6) is -1.15. The van der Waals surface area contributed by atoms with Crippen molar-refractivity contribution in [1.29, 1.82) is 0 Å². The predicted octanol–water partition coefficient (Wildman–Crippen LogP) is 4.77. The van der Waals surface area contributed by atoms with Gasteiger partial charge in [0, 0.05) is 62.1 Å². The number of fused-ring (bicyclic) bond motifs is 1. The molecule has 0 aliphatic carbocycles. The van der Waals surface area contributed by atoms with Crippen LogP contribution < -0.4 is 0 Å². The second kappa shape index (κ2) is 8.46. The van der Waals surface area contributed by atoms with Gasteiger partial charge in [-0.1, -0.05) is 19.9 Å². The van der Waals surface area contributed by atoms with Crippen LogP contribution in [0.5, 0.6) is 0 Å². The number of aromatic nitrogens is 2. The van der Waals surface area contributed by atoms with Crippen LogP contribution >= 0.6 is 0 Å². The number of nitrogens with one attached hydrogen (secondary N) is 1. The Morgan fingerprint density at radius 2 is 1.82 bits per heavy atom. The van der Waals surface area contributed by atoms with Gasteiger partial charge in [-0.25, -0.2) is 13.8 Å². The molecule has 1 unspecified atom stereocenters. The number of aryl methyl sites for hydroxylation is 1. The number of likely N-dealkylation sites (tertiary alicyclic amines) is 1. The third-order valence-electron chi connectivity index (χ3n) is 7.75. The van der Waals surface area contributed by atoms with Crippen LogP contribution in [0.3, 0.4) is 0 Å². The van der Waals surface area contributed by atoms with E-state index in [9.17, 15) is 9.50 Å². The Kier molecular flexibility index (Phi) is 5.75. The highest BCUT2D eigenvalue weighted by Gasteiger charge is 2.49. The molecule has 0 spiro atoms. The van der Waals surface area contributed by atoms with E-state index in [1.165, 1.54) is 12.3 Å². The Hall–Kier alpha value is -2.35. The van der Waals surface area contributed by atoms with Crippen molar-refractivity contribution >= 4 is 11.0 Å². The number of piperidine rings is 1. The third-order valence-corrected chi connectivity index (χ3v) is 7.75.